The van der Waals surface area contributed by atoms with E-state index in [9.17, 15) is 19.7 Å². The van der Waals surface area contributed by atoms with Crippen molar-refractivity contribution in [1.29, 1.82) is 0 Å². The van der Waals surface area contributed by atoms with Gasteiger partial charge in [-0.1, -0.05) is 23.5 Å². The summed E-state index contributed by atoms with van der Waals surface area (Å²) in [6.07, 6.45) is 1.65. The first-order chi connectivity index (χ1) is 16.3. The van der Waals surface area contributed by atoms with Crippen LogP contribution in [0.15, 0.2) is 69.6 Å². The van der Waals surface area contributed by atoms with Crippen molar-refractivity contribution in [3.8, 4) is 5.75 Å². The zero-order valence-electron chi connectivity index (χ0n) is 18.7. The van der Waals surface area contributed by atoms with Gasteiger partial charge in [0.05, 0.1) is 40.5 Å². The van der Waals surface area contributed by atoms with Crippen molar-refractivity contribution in [2.24, 2.45) is 4.99 Å². The summed E-state index contributed by atoms with van der Waals surface area (Å²) in [7, 11) is 1.56. The highest BCUT2D eigenvalue weighted by Gasteiger charge is 2.33. The lowest BCUT2D eigenvalue weighted by Crippen LogP contribution is -2.39. The molecule has 0 saturated carbocycles. The van der Waals surface area contributed by atoms with Crippen LogP contribution < -0.4 is 19.6 Å². The van der Waals surface area contributed by atoms with Crippen molar-refractivity contribution in [3.05, 3.63) is 101 Å². The molecule has 0 saturated heterocycles. The Bertz CT molecular complexity index is 1470. The van der Waals surface area contributed by atoms with E-state index >= 15 is 0 Å². The third kappa shape index (κ3) is 4.27. The second kappa shape index (κ2) is 9.44. The summed E-state index contributed by atoms with van der Waals surface area (Å²) >= 11 is 1.19. The molecule has 0 bridgehead atoms. The van der Waals surface area contributed by atoms with E-state index in [-0.39, 0.29) is 17.9 Å². The molecule has 3 aromatic rings. The van der Waals surface area contributed by atoms with Crippen molar-refractivity contribution in [1.82, 2.24) is 4.57 Å². The van der Waals surface area contributed by atoms with Gasteiger partial charge in [-0.15, -0.1) is 0 Å². The quantitative estimate of drug-likeness (QED) is 0.305. The van der Waals surface area contributed by atoms with Crippen molar-refractivity contribution < 1.29 is 19.2 Å². The second-order valence-corrected chi connectivity index (χ2v) is 8.43. The van der Waals surface area contributed by atoms with Crippen LogP contribution in [-0.4, -0.2) is 29.2 Å². The summed E-state index contributed by atoms with van der Waals surface area (Å²) in [6, 6.07) is 12.3. The van der Waals surface area contributed by atoms with Crippen LogP contribution >= 0.6 is 11.3 Å². The largest absolute Gasteiger partial charge is 0.497 e. The van der Waals surface area contributed by atoms with E-state index < -0.39 is 16.9 Å². The Morgan fingerprint density at radius 1 is 1.21 bits per heavy atom. The molecule has 0 aliphatic carbocycles. The molecule has 174 valence electrons. The predicted molar refractivity (Wildman–Crippen MR) is 126 cm³/mol. The molecule has 1 atom stereocenters. The molecule has 4 rings (SSSR count). The Labute approximate surface area is 198 Å². The smallest absolute Gasteiger partial charge is 0.338 e. The van der Waals surface area contributed by atoms with Gasteiger partial charge in [0.1, 0.15) is 5.75 Å². The minimum Gasteiger partial charge on any atom is -0.497 e. The average Bonchev–Trinajstić information content (AvgIpc) is 3.13. The van der Waals surface area contributed by atoms with E-state index in [0.717, 1.165) is 0 Å². The molecule has 34 heavy (non-hydrogen) atoms. The highest BCUT2D eigenvalue weighted by molar-refractivity contribution is 7.07. The number of rotatable bonds is 6. The Hall–Kier alpha value is -4.05. The number of benzene rings is 2. The topological polar surface area (TPSA) is 113 Å². The standard InChI is InChI=1S/C24H21N3O6S/c1-4-33-23(29)20-14(2)25-24-26(21(20)16-7-11-18(32-3)12-8-16)22(28)19(34-24)13-15-5-9-17(10-6-15)27(30)31/h5-13,21H,4H2,1-3H3/b19-13-. The van der Waals surface area contributed by atoms with Crippen molar-refractivity contribution in [2.75, 3.05) is 13.7 Å². The SMILES string of the molecule is CCOC(=O)C1=C(C)N=c2s/c(=C\c3ccc([N+](=O)[O-])cc3)c(=O)n2C1c1ccc(OC)cc1. The maximum absolute atomic E-state index is 13.5. The number of nitrogens with zero attached hydrogens (tertiary/aromatic N) is 3. The van der Waals surface area contributed by atoms with E-state index in [1.807, 2.05) is 0 Å². The van der Waals surface area contributed by atoms with Crippen LogP contribution in [-0.2, 0) is 9.53 Å². The number of carbonyl (C=O) groups is 1. The van der Waals surface area contributed by atoms with E-state index in [2.05, 4.69) is 4.99 Å². The molecule has 10 heteroatoms. The zero-order valence-corrected chi connectivity index (χ0v) is 19.5. The summed E-state index contributed by atoms with van der Waals surface area (Å²) in [5.41, 5.74) is 1.76. The maximum atomic E-state index is 13.5. The van der Waals surface area contributed by atoms with Crippen LogP contribution in [0.4, 0.5) is 5.69 Å². The van der Waals surface area contributed by atoms with E-state index in [1.165, 1.54) is 28.0 Å². The molecular formula is C24H21N3O6S. The molecule has 1 unspecified atom stereocenters. The van der Waals surface area contributed by atoms with Gasteiger partial charge in [-0.25, -0.2) is 9.79 Å². The number of ether oxygens (including phenoxy) is 2. The van der Waals surface area contributed by atoms with Crippen LogP contribution in [0.25, 0.3) is 6.08 Å². The van der Waals surface area contributed by atoms with E-state index in [1.54, 1.807) is 63.4 Å². The third-order valence-electron chi connectivity index (χ3n) is 5.35. The lowest BCUT2D eigenvalue weighted by molar-refractivity contribution is -0.384. The molecule has 0 N–H and O–H groups in total. The number of carbonyl (C=O) groups excluding carboxylic acids is 1. The van der Waals surface area contributed by atoms with Crippen LogP contribution in [0.3, 0.4) is 0 Å². The monoisotopic (exact) mass is 479 g/mol. The number of thiazole rings is 1. The van der Waals surface area contributed by atoms with Gasteiger partial charge < -0.3 is 9.47 Å². The van der Waals surface area contributed by atoms with Gasteiger partial charge >= 0.3 is 5.97 Å². The molecule has 0 radical (unpaired) electrons. The highest BCUT2D eigenvalue weighted by atomic mass is 32.1. The minimum absolute atomic E-state index is 0.0344. The number of esters is 1. The molecule has 1 aliphatic heterocycles. The fraction of sp³-hybridized carbons (Fsp3) is 0.208. The molecule has 2 heterocycles. The molecular weight excluding hydrogens is 458 g/mol. The van der Waals surface area contributed by atoms with Gasteiger partial charge in [0.25, 0.3) is 11.2 Å². The van der Waals surface area contributed by atoms with Gasteiger partial charge in [-0.05, 0) is 55.3 Å². The normalized spacial score (nSPS) is 15.5. The zero-order chi connectivity index (χ0) is 24.4. The Morgan fingerprint density at radius 3 is 2.47 bits per heavy atom. The number of aromatic nitrogens is 1. The Kier molecular flexibility index (Phi) is 6.42. The molecule has 1 aromatic heterocycles. The lowest BCUT2D eigenvalue weighted by Gasteiger charge is -2.24. The first-order valence-electron chi connectivity index (χ1n) is 10.4. The fourth-order valence-electron chi connectivity index (χ4n) is 3.74. The van der Waals surface area contributed by atoms with E-state index in [0.29, 0.717) is 37.5 Å². The summed E-state index contributed by atoms with van der Waals surface area (Å²) in [5.74, 6) is 0.113. The molecule has 0 fully saturated rings. The number of non-ortho nitro benzene ring substituents is 1. The van der Waals surface area contributed by atoms with Gasteiger partial charge in [0.2, 0.25) is 0 Å². The van der Waals surface area contributed by atoms with Gasteiger partial charge in [-0.3, -0.25) is 19.5 Å². The van der Waals surface area contributed by atoms with Crippen molar-refractivity contribution >= 4 is 29.1 Å². The molecule has 9 nitrogen and oxygen atoms in total. The second-order valence-electron chi connectivity index (χ2n) is 7.42. The van der Waals surface area contributed by atoms with Crippen LogP contribution in [0.1, 0.15) is 31.0 Å². The minimum atomic E-state index is -0.722. The average molecular weight is 480 g/mol. The number of methoxy groups -OCH3 is 1. The Balaban J connectivity index is 1.90. The van der Waals surface area contributed by atoms with Gasteiger partial charge in [0, 0.05) is 12.1 Å². The number of fused-ring (bicyclic) bond motifs is 1. The van der Waals surface area contributed by atoms with Crippen molar-refractivity contribution in [2.45, 2.75) is 19.9 Å². The predicted octanol–water partition coefficient (Wildman–Crippen LogP) is 2.72. The number of nitro groups is 1. The fourth-order valence-corrected chi connectivity index (χ4v) is 4.78. The van der Waals surface area contributed by atoms with Crippen LogP contribution in [0.2, 0.25) is 0 Å². The maximum Gasteiger partial charge on any atom is 0.338 e. The number of allylic oxidation sites excluding steroid dienone is 1. The van der Waals surface area contributed by atoms with E-state index in [4.69, 9.17) is 9.47 Å². The van der Waals surface area contributed by atoms with Crippen LogP contribution in [0.5, 0.6) is 5.75 Å². The van der Waals surface area contributed by atoms with Crippen LogP contribution in [0, 0.1) is 10.1 Å². The first kappa shape index (κ1) is 23.1. The molecule has 2 aromatic carbocycles. The first-order valence-corrected chi connectivity index (χ1v) is 11.2. The summed E-state index contributed by atoms with van der Waals surface area (Å²) in [5, 5.41) is 10.9. The van der Waals surface area contributed by atoms with Gasteiger partial charge in [0.15, 0.2) is 4.80 Å². The molecule has 0 spiro atoms. The number of nitro benzene ring substituents is 1. The number of hydrogen-bond acceptors (Lipinski definition) is 8. The third-order valence-corrected chi connectivity index (χ3v) is 6.33. The van der Waals surface area contributed by atoms with Gasteiger partial charge in [-0.2, -0.15) is 0 Å². The molecule has 0 amide bonds. The summed E-state index contributed by atoms with van der Waals surface area (Å²) < 4.78 is 12.4. The summed E-state index contributed by atoms with van der Waals surface area (Å²) in [4.78, 5) is 41.8. The lowest BCUT2D eigenvalue weighted by atomic mass is 9.96. The number of hydrogen-bond donors (Lipinski definition) is 0. The molecule has 1 aliphatic rings. The highest BCUT2D eigenvalue weighted by Crippen LogP contribution is 2.31. The Morgan fingerprint density at radius 2 is 1.88 bits per heavy atom. The summed E-state index contributed by atoms with van der Waals surface area (Å²) in [6.45, 7) is 3.63. The van der Waals surface area contributed by atoms with Crippen molar-refractivity contribution in [3.63, 3.8) is 0 Å².